The van der Waals surface area contributed by atoms with Gasteiger partial charge in [0.05, 0.1) is 18.5 Å². The number of carbonyl (C=O) groups excluding carboxylic acids is 1. The highest BCUT2D eigenvalue weighted by atomic mass is 16.2. The predicted molar refractivity (Wildman–Crippen MR) is 148 cm³/mol. The number of hydrogen-bond donors (Lipinski definition) is 2. The minimum absolute atomic E-state index is 0.00485. The minimum Gasteiger partial charge on any atom is -0.383 e. The van der Waals surface area contributed by atoms with Gasteiger partial charge in [-0.1, -0.05) is 62.4 Å². The molecule has 2 heterocycles. The van der Waals surface area contributed by atoms with E-state index in [9.17, 15) is 14.4 Å². The number of rotatable bonds is 8. The van der Waals surface area contributed by atoms with Crippen LogP contribution in [0.2, 0.25) is 0 Å². The summed E-state index contributed by atoms with van der Waals surface area (Å²) in [5, 5.41) is 0.985. The smallest absolute Gasteiger partial charge is 0.330 e. The fraction of sp³-hybridized carbons (Fsp3) is 0.310. The first kappa shape index (κ1) is 25.9. The van der Waals surface area contributed by atoms with Gasteiger partial charge in [-0.25, -0.2) is 4.79 Å². The number of fused-ring (bicyclic) bond motifs is 1. The number of hydrogen-bond acceptors (Lipinski definition) is 5. The summed E-state index contributed by atoms with van der Waals surface area (Å²) in [6.45, 7) is 8.45. The Hall–Kier alpha value is -4.20. The van der Waals surface area contributed by atoms with Crippen molar-refractivity contribution in [3.05, 3.63) is 97.8 Å². The van der Waals surface area contributed by atoms with Gasteiger partial charge in [-0.05, 0) is 48.9 Å². The van der Waals surface area contributed by atoms with Gasteiger partial charge in [-0.15, -0.1) is 0 Å². The van der Waals surface area contributed by atoms with Crippen molar-refractivity contribution in [2.24, 2.45) is 5.92 Å². The molecule has 2 aromatic heterocycles. The number of carbonyl (C=O) groups is 1. The predicted octanol–water partition coefficient (Wildman–Crippen LogP) is 3.95. The molecule has 4 rings (SSSR count). The Bertz CT molecular complexity index is 1550. The number of nitrogen functional groups attached to an aromatic ring is 1. The van der Waals surface area contributed by atoms with Gasteiger partial charge in [0.2, 0.25) is 5.91 Å². The lowest BCUT2D eigenvalue weighted by Gasteiger charge is -2.26. The average Bonchev–Trinajstić information content (AvgIpc) is 2.86. The molecule has 3 N–H and O–H groups in total. The molecule has 4 aromatic rings. The van der Waals surface area contributed by atoms with E-state index in [-0.39, 0.29) is 36.3 Å². The Balaban J connectivity index is 1.77. The lowest BCUT2D eigenvalue weighted by molar-refractivity contribution is -0.118. The highest BCUT2D eigenvalue weighted by Crippen LogP contribution is 2.25. The van der Waals surface area contributed by atoms with Crippen LogP contribution in [0, 0.1) is 19.8 Å². The molecule has 8 nitrogen and oxygen atoms in total. The second-order valence-electron chi connectivity index (χ2n) is 9.79. The summed E-state index contributed by atoms with van der Waals surface area (Å²) >= 11 is 0. The Morgan fingerprint density at radius 3 is 2.43 bits per heavy atom. The first-order valence-corrected chi connectivity index (χ1v) is 12.5. The van der Waals surface area contributed by atoms with Gasteiger partial charge in [0.25, 0.3) is 5.56 Å². The van der Waals surface area contributed by atoms with E-state index < -0.39 is 11.2 Å². The number of pyridine rings is 1. The van der Waals surface area contributed by atoms with E-state index >= 15 is 0 Å². The zero-order valence-corrected chi connectivity index (χ0v) is 21.7. The zero-order valence-electron chi connectivity index (χ0n) is 21.7. The van der Waals surface area contributed by atoms with Gasteiger partial charge in [-0.3, -0.25) is 24.1 Å². The fourth-order valence-electron chi connectivity index (χ4n) is 4.59. The maximum atomic E-state index is 13.8. The number of H-pyrrole nitrogens is 1. The van der Waals surface area contributed by atoms with Gasteiger partial charge in [0, 0.05) is 17.6 Å². The van der Waals surface area contributed by atoms with Crippen molar-refractivity contribution in [1.29, 1.82) is 0 Å². The molecule has 192 valence electrons. The van der Waals surface area contributed by atoms with Crippen LogP contribution in [0.5, 0.6) is 0 Å². The number of nitrogens with one attached hydrogen (secondary N) is 1. The van der Waals surface area contributed by atoms with Crippen molar-refractivity contribution in [3.8, 4) is 0 Å². The molecule has 2 aromatic carbocycles. The van der Waals surface area contributed by atoms with Crippen molar-refractivity contribution in [2.75, 3.05) is 17.2 Å². The SMILES string of the molecule is Cc1nc2ccccc2c(C)c1CC(=O)N(CCC(C)C)c1c(N)n(Cc2ccccc2)c(=O)[nH]c1=O. The second-order valence-corrected chi connectivity index (χ2v) is 9.79. The standard InChI is InChI=1S/C29H33N5O3/c1-18(2)14-15-33(25(35)16-23-19(3)22-12-8-9-13-24(22)31-20(23)4)26-27(30)34(29(37)32-28(26)36)17-21-10-6-5-7-11-21/h5-13,18H,14-17,30H2,1-4H3,(H,32,36,37). The summed E-state index contributed by atoms with van der Waals surface area (Å²) in [7, 11) is 0. The number of aryl methyl sites for hydroxylation is 2. The fourth-order valence-corrected chi connectivity index (χ4v) is 4.59. The van der Waals surface area contributed by atoms with Crippen LogP contribution in [0.4, 0.5) is 11.5 Å². The van der Waals surface area contributed by atoms with Crippen LogP contribution >= 0.6 is 0 Å². The molecule has 0 saturated carbocycles. The monoisotopic (exact) mass is 499 g/mol. The van der Waals surface area contributed by atoms with E-state index in [1.54, 1.807) is 0 Å². The van der Waals surface area contributed by atoms with Crippen LogP contribution in [0.25, 0.3) is 10.9 Å². The summed E-state index contributed by atoms with van der Waals surface area (Å²) in [5.74, 6) is -0.0116. The molecule has 0 saturated heterocycles. The summed E-state index contributed by atoms with van der Waals surface area (Å²) in [6.07, 6.45) is 0.723. The number of aromatic nitrogens is 3. The molecule has 0 radical (unpaired) electrons. The molecular weight excluding hydrogens is 466 g/mol. The van der Waals surface area contributed by atoms with E-state index in [4.69, 9.17) is 10.7 Å². The van der Waals surface area contributed by atoms with Crippen LogP contribution in [0.15, 0.2) is 64.2 Å². The summed E-state index contributed by atoms with van der Waals surface area (Å²) < 4.78 is 1.30. The van der Waals surface area contributed by atoms with Crippen molar-refractivity contribution < 1.29 is 4.79 Å². The number of nitrogens with zero attached hydrogens (tertiary/aromatic N) is 3. The number of anilines is 2. The van der Waals surface area contributed by atoms with E-state index in [1.165, 1.54) is 9.47 Å². The number of para-hydroxylation sites is 1. The number of amides is 1. The van der Waals surface area contributed by atoms with Gasteiger partial charge in [-0.2, -0.15) is 0 Å². The Kier molecular flexibility index (Phi) is 7.57. The maximum Gasteiger partial charge on any atom is 0.330 e. The molecule has 0 aliphatic rings. The van der Waals surface area contributed by atoms with E-state index in [1.807, 2.05) is 82.3 Å². The normalized spacial score (nSPS) is 11.3. The molecular formula is C29H33N5O3. The van der Waals surface area contributed by atoms with Crippen LogP contribution in [0.1, 0.15) is 42.7 Å². The average molecular weight is 500 g/mol. The molecule has 0 fully saturated rings. The third-order valence-corrected chi connectivity index (χ3v) is 6.71. The van der Waals surface area contributed by atoms with E-state index in [2.05, 4.69) is 4.98 Å². The van der Waals surface area contributed by atoms with Crippen LogP contribution in [-0.4, -0.2) is 27.0 Å². The van der Waals surface area contributed by atoms with Crippen molar-refractivity contribution in [1.82, 2.24) is 14.5 Å². The molecule has 0 bridgehead atoms. The van der Waals surface area contributed by atoms with Crippen LogP contribution in [-0.2, 0) is 17.8 Å². The maximum absolute atomic E-state index is 13.8. The Morgan fingerprint density at radius 1 is 1.05 bits per heavy atom. The van der Waals surface area contributed by atoms with Gasteiger partial charge in [0.15, 0.2) is 5.69 Å². The van der Waals surface area contributed by atoms with Gasteiger partial charge >= 0.3 is 5.69 Å². The van der Waals surface area contributed by atoms with Crippen molar-refractivity contribution >= 4 is 28.3 Å². The topological polar surface area (TPSA) is 114 Å². The molecule has 1 amide bonds. The lowest BCUT2D eigenvalue weighted by atomic mass is 9.99. The van der Waals surface area contributed by atoms with Crippen molar-refractivity contribution in [2.45, 2.75) is 47.1 Å². The highest BCUT2D eigenvalue weighted by Gasteiger charge is 2.26. The first-order valence-electron chi connectivity index (χ1n) is 12.5. The quantitative estimate of drug-likeness (QED) is 0.381. The number of aromatic amines is 1. The van der Waals surface area contributed by atoms with Crippen LogP contribution in [0.3, 0.4) is 0 Å². The molecule has 8 heteroatoms. The molecule has 0 aliphatic heterocycles. The zero-order chi connectivity index (χ0) is 26.7. The van der Waals surface area contributed by atoms with Gasteiger partial charge in [0.1, 0.15) is 5.82 Å². The molecule has 37 heavy (non-hydrogen) atoms. The van der Waals surface area contributed by atoms with Crippen molar-refractivity contribution in [3.63, 3.8) is 0 Å². The Morgan fingerprint density at radius 2 is 1.73 bits per heavy atom. The number of benzene rings is 2. The third-order valence-electron chi connectivity index (χ3n) is 6.71. The summed E-state index contributed by atoms with van der Waals surface area (Å²) in [5.41, 5.74) is 9.46. The van der Waals surface area contributed by atoms with Crippen LogP contribution < -0.4 is 21.9 Å². The van der Waals surface area contributed by atoms with Gasteiger partial charge < -0.3 is 10.6 Å². The second kappa shape index (κ2) is 10.8. The molecule has 0 unspecified atom stereocenters. The highest BCUT2D eigenvalue weighted by molar-refractivity contribution is 5.98. The lowest BCUT2D eigenvalue weighted by Crippen LogP contribution is -2.42. The van der Waals surface area contributed by atoms with E-state index in [0.29, 0.717) is 13.0 Å². The Labute approximate surface area is 215 Å². The first-order chi connectivity index (χ1) is 17.7. The summed E-state index contributed by atoms with van der Waals surface area (Å²) in [4.78, 5) is 48.1. The van der Waals surface area contributed by atoms with E-state index in [0.717, 1.165) is 33.3 Å². The third kappa shape index (κ3) is 5.48. The summed E-state index contributed by atoms with van der Waals surface area (Å²) in [6, 6.07) is 17.2. The minimum atomic E-state index is -0.672. The largest absolute Gasteiger partial charge is 0.383 e. The number of nitrogens with two attached hydrogens (primary N) is 1. The molecule has 0 spiro atoms. The molecule has 0 atom stereocenters. The molecule has 0 aliphatic carbocycles.